The molecule has 30 heavy (non-hydrogen) atoms. The summed E-state index contributed by atoms with van der Waals surface area (Å²) in [4.78, 5) is 20.8. The topological polar surface area (TPSA) is 91.8 Å². The smallest absolute Gasteiger partial charge is 0.257 e. The van der Waals surface area contributed by atoms with E-state index in [1.54, 1.807) is 12.1 Å². The van der Waals surface area contributed by atoms with Crippen LogP contribution in [0.15, 0.2) is 29.2 Å². The van der Waals surface area contributed by atoms with Gasteiger partial charge in [0, 0.05) is 43.0 Å². The van der Waals surface area contributed by atoms with Crippen molar-refractivity contribution in [3.63, 3.8) is 0 Å². The third-order valence-corrected chi connectivity index (χ3v) is 8.09. The Labute approximate surface area is 180 Å². The van der Waals surface area contributed by atoms with E-state index in [4.69, 9.17) is 4.74 Å². The van der Waals surface area contributed by atoms with E-state index in [2.05, 4.69) is 22.2 Å². The van der Waals surface area contributed by atoms with Crippen LogP contribution >= 0.6 is 11.3 Å². The minimum atomic E-state index is -3.71. The van der Waals surface area contributed by atoms with Gasteiger partial charge in [-0.3, -0.25) is 10.1 Å². The molecule has 0 aliphatic carbocycles. The molecule has 0 radical (unpaired) electrons. The Kier molecular flexibility index (Phi) is 5.95. The van der Waals surface area contributed by atoms with Crippen LogP contribution in [0.5, 0.6) is 0 Å². The fraction of sp³-hybridized carbons (Fsp3) is 0.500. The molecular formula is C20H26N4O4S2. The van der Waals surface area contributed by atoms with Crippen LogP contribution in [-0.4, -0.2) is 67.4 Å². The second kappa shape index (κ2) is 8.35. The van der Waals surface area contributed by atoms with Crippen molar-refractivity contribution in [2.75, 3.05) is 32.0 Å². The third-order valence-electron chi connectivity index (χ3n) is 5.26. The monoisotopic (exact) mass is 450 g/mol. The Morgan fingerprint density at radius 2 is 2.00 bits per heavy atom. The van der Waals surface area contributed by atoms with Crippen molar-refractivity contribution < 1.29 is 17.9 Å². The van der Waals surface area contributed by atoms with Crippen LogP contribution in [0.3, 0.4) is 0 Å². The average molecular weight is 451 g/mol. The maximum Gasteiger partial charge on any atom is 0.257 e. The number of morpholine rings is 1. The van der Waals surface area contributed by atoms with E-state index in [0.717, 1.165) is 30.1 Å². The van der Waals surface area contributed by atoms with Gasteiger partial charge in [0.2, 0.25) is 10.0 Å². The van der Waals surface area contributed by atoms with Crippen molar-refractivity contribution >= 4 is 32.4 Å². The molecule has 4 rings (SSSR count). The molecule has 3 heterocycles. The van der Waals surface area contributed by atoms with Crippen LogP contribution in [-0.2, 0) is 27.7 Å². The predicted octanol–water partition coefficient (Wildman–Crippen LogP) is 2.18. The van der Waals surface area contributed by atoms with Gasteiger partial charge in [0.1, 0.15) is 0 Å². The first kappa shape index (κ1) is 21.4. The lowest BCUT2D eigenvalue weighted by Crippen LogP contribution is -2.48. The summed E-state index contributed by atoms with van der Waals surface area (Å²) in [5.74, 6) is -0.366. The molecule has 1 fully saturated rings. The molecule has 2 aliphatic heterocycles. The summed E-state index contributed by atoms with van der Waals surface area (Å²) in [5.41, 5.74) is 1.32. The molecule has 2 atom stereocenters. The summed E-state index contributed by atoms with van der Waals surface area (Å²) in [7, 11) is -1.65. The van der Waals surface area contributed by atoms with Gasteiger partial charge in [0.15, 0.2) is 5.13 Å². The number of hydrogen-bond donors (Lipinski definition) is 1. The Balaban J connectivity index is 1.52. The molecule has 1 N–H and O–H groups in total. The number of sulfonamides is 1. The van der Waals surface area contributed by atoms with E-state index in [1.807, 2.05) is 13.8 Å². The van der Waals surface area contributed by atoms with Crippen LogP contribution in [0.1, 0.15) is 34.8 Å². The average Bonchev–Trinajstić information content (AvgIpc) is 3.08. The molecule has 0 unspecified atom stereocenters. The lowest BCUT2D eigenvalue weighted by Gasteiger charge is -2.34. The van der Waals surface area contributed by atoms with Crippen LogP contribution in [0.4, 0.5) is 5.13 Å². The first-order valence-corrected chi connectivity index (χ1v) is 12.2. The highest BCUT2D eigenvalue weighted by atomic mass is 32.2. The van der Waals surface area contributed by atoms with Gasteiger partial charge < -0.3 is 9.64 Å². The summed E-state index contributed by atoms with van der Waals surface area (Å²) >= 11 is 1.47. The summed E-state index contributed by atoms with van der Waals surface area (Å²) in [6.45, 7) is 6.07. The molecule has 0 spiro atoms. The number of anilines is 1. The van der Waals surface area contributed by atoms with Gasteiger partial charge in [0.25, 0.3) is 5.91 Å². The van der Waals surface area contributed by atoms with Crippen molar-refractivity contribution in [1.29, 1.82) is 0 Å². The summed E-state index contributed by atoms with van der Waals surface area (Å²) in [5, 5.41) is 3.37. The molecule has 2 aromatic rings. The quantitative estimate of drug-likeness (QED) is 0.768. The standard InChI is InChI=1S/C20H26N4O4S2/c1-13-10-24(11-14(2)28-13)30(26,27)16-6-4-5-15(9-16)19(25)22-20-21-17-7-8-23(3)12-18(17)29-20/h4-6,9,13-14H,7-8,10-12H2,1-3H3,(H,21,22,25)/t13-,14-/m0/s1. The van der Waals surface area contributed by atoms with Gasteiger partial charge in [-0.05, 0) is 39.1 Å². The SMILES string of the molecule is C[C@H]1CN(S(=O)(=O)c2cccc(C(=O)Nc3nc4c(s3)CN(C)CC4)c2)C[C@H](C)O1. The number of aromatic nitrogens is 1. The van der Waals surface area contributed by atoms with Crippen LogP contribution in [0.25, 0.3) is 0 Å². The normalized spacial score (nSPS) is 23.2. The van der Waals surface area contributed by atoms with Gasteiger partial charge in [-0.25, -0.2) is 13.4 Å². The molecule has 10 heteroatoms. The number of nitrogens with one attached hydrogen (secondary N) is 1. The van der Waals surface area contributed by atoms with Crippen molar-refractivity contribution in [2.45, 2.75) is 43.9 Å². The zero-order chi connectivity index (χ0) is 21.5. The summed E-state index contributed by atoms with van der Waals surface area (Å²) in [6.07, 6.45) is 0.512. The number of rotatable bonds is 4. The molecule has 1 aromatic carbocycles. The van der Waals surface area contributed by atoms with Crippen LogP contribution in [0, 0.1) is 0 Å². The Morgan fingerprint density at radius 1 is 1.27 bits per heavy atom. The lowest BCUT2D eigenvalue weighted by molar-refractivity contribution is -0.0440. The van der Waals surface area contributed by atoms with Gasteiger partial charge in [0.05, 0.1) is 22.8 Å². The number of likely N-dealkylation sites (N-methyl/N-ethyl adjacent to an activating group) is 1. The summed E-state index contributed by atoms with van der Waals surface area (Å²) in [6, 6.07) is 6.16. The Bertz CT molecular complexity index is 1040. The number of carbonyl (C=O) groups is 1. The molecule has 1 saturated heterocycles. The fourth-order valence-corrected chi connectivity index (χ4v) is 6.54. The highest BCUT2D eigenvalue weighted by Gasteiger charge is 2.32. The van der Waals surface area contributed by atoms with Gasteiger partial charge in [-0.15, -0.1) is 11.3 Å². The van der Waals surface area contributed by atoms with Crippen molar-refractivity contribution in [3.05, 3.63) is 40.4 Å². The van der Waals surface area contributed by atoms with E-state index in [0.29, 0.717) is 18.2 Å². The van der Waals surface area contributed by atoms with E-state index in [9.17, 15) is 13.2 Å². The number of benzene rings is 1. The molecule has 1 aromatic heterocycles. The first-order valence-electron chi connectivity index (χ1n) is 9.96. The van der Waals surface area contributed by atoms with Gasteiger partial charge in [-0.1, -0.05) is 6.07 Å². The van der Waals surface area contributed by atoms with E-state index >= 15 is 0 Å². The van der Waals surface area contributed by atoms with E-state index in [1.165, 1.54) is 27.8 Å². The van der Waals surface area contributed by atoms with Crippen LogP contribution in [0.2, 0.25) is 0 Å². The largest absolute Gasteiger partial charge is 0.373 e. The Morgan fingerprint density at radius 3 is 2.73 bits per heavy atom. The number of carbonyl (C=O) groups excluding carboxylic acids is 1. The maximum atomic E-state index is 13.1. The second-order valence-corrected chi connectivity index (χ2v) is 11.0. The highest BCUT2D eigenvalue weighted by Crippen LogP contribution is 2.28. The number of amides is 1. The number of fused-ring (bicyclic) bond motifs is 1. The number of thiazole rings is 1. The zero-order valence-corrected chi connectivity index (χ0v) is 18.9. The van der Waals surface area contributed by atoms with Crippen molar-refractivity contribution in [2.24, 2.45) is 0 Å². The minimum Gasteiger partial charge on any atom is -0.373 e. The molecule has 0 saturated carbocycles. The van der Waals surface area contributed by atoms with E-state index < -0.39 is 10.0 Å². The number of nitrogens with zero attached hydrogens (tertiary/aromatic N) is 3. The van der Waals surface area contributed by atoms with Gasteiger partial charge >= 0.3 is 0 Å². The highest BCUT2D eigenvalue weighted by molar-refractivity contribution is 7.89. The zero-order valence-electron chi connectivity index (χ0n) is 17.3. The number of ether oxygens (including phenoxy) is 1. The van der Waals surface area contributed by atoms with Crippen molar-refractivity contribution in [3.8, 4) is 0 Å². The molecule has 8 nitrogen and oxygen atoms in total. The fourth-order valence-electron chi connectivity index (χ4n) is 3.82. The van der Waals surface area contributed by atoms with Gasteiger partial charge in [-0.2, -0.15) is 4.31 Å². The molecule has 0 bridgehead atoms. The summed E-state index contributed by atoms with van der Waals surface area (Å²) < 4.78 is 33.3. The van der Waals surface area contributed by atoms with Crippen molar-refractivity contribution in [1.82, 2.24) is 14.2 Å². The third kappa shape index (κ3) is 4.42. The van der Waals surface area contributed by atoms with E-state index in [-0.39, 0.29) is 28.6 Å². The van der Waals surface area contributed by atoms with Crippen LogP contribution < -0.4 is 5.32 Å². The predicted molar refractivity (Wildman–Crippen MR) is 115 cm³/mol. The first-order chi connectivity index (χ1) is 14.2. The Hall–Kier alpha value is -1.85. The maximum absolute atomic E-state index is 13.1. The molecule has 162 valence electrons. The molecule has 1 amide bonds. The number of hydrogen-bond acceptors (Lipinski definition) is 7. The lowest BCUT2D eigenvalue weighted by atomic mass is 10.2. The minimum absolute atomic E-state index is 0.108. The second-order valence-electron chi connectivity index (χ2n) is 7.94. The molecule has 2 aliphatic rings. The molecular weight excluding hydrogens is 424 g/mol.